The van der Waals surface area contributed by atoms with Crippen LogP contribution >= 0.6 is 0 Å². The summed E-state index contributed by atoms with van der Waals surface area (Å²) in [6.45, 7) is 10.2. The molecule has 1 aliphatic carbocycles. The van der Waals surface area contributed by atoms with E-state index in [0.29, 0.717) is 54.5 Å². The van der Waals surface area contributed by atoms with Gasteiger partial charge in [-0.15, -0.1) is 0 Å². The highest BCUT2D eigenvalue weighted by atomic mass is 16.5. The Balaban J connectivity index is 1.50. The first-order chi connectivity index (χ1) is 18.5. The molecule has 1 saturated heterocycles. The second-order valence-electron chi connectivity index (χ2n) is 10.8. The van der Waals surface area contributed by atoms with Crippen molar-refractivity contribution in [3.05, 3.63) is 48.0 Å². The van der Waals surface area contributed by atoms with Gasteiger partial charge in [0.1, 0.15) is 11.5 Å². The number of fused-ring (bicyclic) bond motifs is 2. The molecule has 2 unspecified atom stereocenters. The zero-order chi connectivity index (χ0) is 28.4. The Morgan fingerprint density at radius 3 is 2.13 bits per heavy atom. The SMILES string of the molecule is CCOc1cc(NC(=O)c2ccccc2)c(OCC)cc1NC(=O)CCN1C(=O)C2CCC(C)(C1=O)C2(C)C. The molecular formula is C30H37N3O6. The predicted molar refractivity (Wildman–Crippen MR) is 148 cm³/mol. The van der Waals surface area contributed by atoms with E-state index < -0.39 is 10.8 Å². The van der Waals surface area contributed by atoms with Gasteiger partial charge in [0.2, 0.25) is 17.7 Å². The molecule has 2 aliphatic rings. The fraction of sp³-hybridized carbons (Fsp3) is 0.467. The van der Waals surface area contributed by atoms with E-state index in [9.17, 15) is 19.2 Å². The van der Waals surface area contributed by atoms with E-state index >= 15 is 0 Å². The van der Waals surface area contributed by atoms with Crippen LogP contribution in [0.5, 0.6) is 11.5 Å². The molecule has 9 heteroatoms. The highest BCUT2D eigenvalue weighted by Crippen LogP contribution is 2.60. The number of hydrogen-bond acceptors (Lipinski definition) is 6. The zero-order valence-corrected chi connectivity index (χ0v) is 23.3. The highest BCUT2D eigenvalue weighted by molar-refractivity contribution is 6.06. The first-order valence-corrected chi connectivity index (χ1v) is 13.5. The van der Waals surface area contributed by atoms with Crippen molar-refractivity contribution in [3.8, 4) is 11.5 Å². The predicted octanol–water partition coefficient (Wildman–Crippen LogP) is 4.88. The van der Waals surface area contributed by atoms with Crippen molar-refractivity contribution >= 4 is 35.0 Å². The molecule has 0 aromatic heterocycles. The van der Waals surface area contributed by atoms with Gasteiger partial charge in [-0.3, -0.25) is 24.1 Å². The van der Waals surface area contributed by atoms with Gasteiger partial charge in [0.25, 0.3) is 5.91 Å². The Kier molecular flexibility index (Phi) is 7.99. The number of benzene rings is 2. The maximum Gasteiger partial charge on any atom is 0.255 e. The van der Waals surface area contributed by atoms with Crippen LogP contribution in [0.2, 0.25) is 0 Å². The van der Waals surface area contributed by atoms with Crippen LogP contribution in [0.1, 0.15) is 64.2 Å². The maximum atomic E-state index is 13.3. The molecule has 2 fully saturated rings. The van der Waals surface area contributed by atoms with Gasteiger partial charge in [0.15, 0.2) is 0 Å². The molecule has 4 amide bonds. The van der Waals surface area contributed by atoms with Crippen molar-refractivity contribution in [2.75, 3.05) is 30.4 Å². The minimum Gasteiger partial charge on any atom is -0.492 e. The number of nitrogens with zero attached hydrogens (tertiary/aromatic N) is 1. The molecule has 0 radical (unpaired) electrons. The van der Waals surface area contributed by atoms with E-state index in [2.05, 4.69) is 10.6 Å². The Hall–Kier alpha value is -3.88. The number of ether oxygens (including phenoxy) is 2. The molecule has 1 aliphatic heterocycles. The minimum atomic E-state index is -0.614. The summed E-state index contributed by atoms with van der Waals surface area (Å²) in [6.07, 6.45) is 1.30. The number of carbonyl (C=O) groups excluding carboxylic acids is 4. The summed E-state index contributed by atoms with van der Waals surface area (Å²) in [5, 5.41) is 5.69. The molecule has 2 bridgehead atoms. The lowest BCUT2D eigenvalue weighted by molar-refractivity contribution is -0.167. The van der Waals surface area contributed by atoms with Crippen molar-refractivity contribution < 1.29 is 28.7 Å². The number of likely N-dealkylation sites (tertiary alicyclic amines) is 1. The van der Waals surface area contributed by atoms with Crippen LogP contribution in [0.3, 0.4) is 0 Å². The topological polar surface area (TPSA) is 114 Å². The van der Waals surface area contributed by atoms with Crippen molar-refractivity contribution in [3.63, 3.8) is 0 Å². The summed E-state index contributed by atoms with van der Waals surface area (Å²) in [5.74, 6) is -0.574. The van der Waals surface area contributed by atoms with Crippen LogP contribution in [0.25, 0.3) is 0 Å². The second kappa shape index (κ2) is 11.1. The molecule has 4 rings (SSSR count). The Morgan fingerprint density at radius 2 is 1.54 bits per heavy atom. The van der Waals surface area contributed by atoms with Gasteiger partial charge in [0.05, 0.1) is 30.0 Å². The van der Waals surface area contributed by atoms with E-state index in [1.807, 2.05) is 40.7 Å². The molecule has 0 spiro atoms. The van der Waals surface area contributed by atoms with Gasteiger partial charge in [-0.25, -0.2) is 0 Å². The normalized spacial score (nSPS) is 21.5. The number of hydrogen-bond donors (Lipinski definition) is 2. The Bertz CT molecular complexity index is 1270. The van der Waals surface area contributed by atoms with Crippen LogP contribution in [0.15, 0.2) is 42.5 Å². The number of anilines is 2. The third-order valence-corrected chi connectivity index (χ3v) is 8.31. The van der Waals surface area contributed by atoms with Gasteiger partial charge in [-0.2, -0.15) is 0 Å². The summed E-state index contributed by atoms with van der Waals surface area (Å²) in [5.41, 5.74) is 0.245. The fourth-order valence-electron chi connectivity index (χ4n) is 5.63. The Labute approximate surface area is 229 Å². The summed E-state index contributed by atoms with van der Waals surface area (Å²) >= 11 is 0. The molecule has 2 N–H and O–H groups in total. The summed E-state index contributed by atoms with van der Waals surface area (Å²) in [4.78, 5) is 53.4. The molecule has 1 saturated carbocycles. The van der Waals surface area contributed by atoms with E-state index in [0.717, 1.165) is 0 Å². The van der Waals surface area contributed by atoms with Crippen molar-refractivity contribution in [2.24, 2.45) is 16.7 Å². The van der Waals surface area contributed by atoms with Gasteiger partial charge >= 0.3 is 0 Å². The number of rotatable bonds is 10. The molecule has 39 heavy (non-hydrogen) atoms. The van der Waals surface area contributed by atoms with Crippen molar-refractivity contribution in [1.29, 1.82) is 0 Å². The van der Waals surface area contributed by atoms with Gasteiger partial charge in [-0.1, -0.05) is 39.0 Å². The van der Waals surface area contributed by atoms with Crippen molar-refractivity contribution in [1.82, 2.24) is 4.90 Å². The lowest BCUT2D eigenvalue weighted by atomic mass is 9.62. The monoisotopic (exact) mass is 535 g/mol. The molecule has 9 nitrogen and oxygen atoms in total. The zero-order valence-electron chi connectivity index (χ0n) is 23.3. The lowest BCUT2D eigenvalue weighted by Crippen LogP contribution is -2.59. The molecular weight excluding hydrogens is 498 g/mol. The first-order valence-electron chi connectivity index (χ1n) is 13.5. The van der Waals surface area contributed by atoms with Gasteiger partial charge in [0, 0.05) is 36.6 Å². The molecule has 208 valence electrons. The van der Waals surface area contributed by atoms with Crippen LogP contribution < -0.4 is 20.1 Å². The second-order valence-corrected chi connectivity index (χ2v) is 10.8. The molecule has 2 aromatic carbocycles. The number of nitrogens with one attached hydrogen (secondary N) is 2. The lowest BCUT2D eigenvalue weighted by Gasteiger charge is -2.47. The van der Waals surface area contributed by atoms with E-state index in [4.69, 9.17) is 9.47 Å². The van der Waals surface area contributed by atoms with Crippen molar-refractivity contribution in [2.45, 2.75) is 53.9 Å². The molecule has 2 aromatic rings. The number of amides is 4. The fourth-order valence-corrected chi connectivity index (χ4v) is 5.63. The highest BCUT2D eigenvalue weighted by Gasteiger charge is 2.64. The molecule has 2 atom stereocenters. The van der Waals surface area contributed by atoms with Crippen LogP contribution in [-0.4, -0.2) is 48.3 Å². The smallest absolute Gasteiger partial charge is 0.255 e. The summed E-state index contributed by atoms with van der Waals surface area (Å²) in [7, 11) is 0. The average Bonchev–Trinajstić information content (AvgIpc) is 3.09. The standard InChI is InChI=1S/C30H37N3O6/c1-6-38-23-18-22(32-26(35)19-11-9-8-10-12-19)24(39-7-2)17-21(23)31-25(34)14-16-33-27(36)20-13-15-30(5,28(33)37)29(20,3)4/h8-12,17-18,20H,6-7,13-16H2,1-5H3,(H,31,34)(H,32,35). The van der Waals surface area contributed by atoms with Crippen LogP contribution in [0.4, 0.5) is 11.4 Å². The first kappa shape index (κ1) is 28.1. The van der Waals surface area contributed by atoms with Crippen LogP contribution in [-0.2, 0) is 14.4 Å². The van der Waals surface area contributed by atoms with E-state index in [1.54, 1.807) is 36.4 Å². The maximum absolute atomic E-state index is 13.3. The number of carbonyl (C=O) groups is 4. The van der Waals surface area contributed by atoms with E-state index in [1.165, 1.54) is 4.90 Å². The van der Waals surface area contributed by atoms with E-state index in [-0.39, 0.29) is 42.5 Å². The molecule has 1 heterocycles. The van der Waals surface area contributed by atoms with Crippen LogP contribution in [0, 0.1) is 16.7 Å². The summed E-state index contributed by atoms with van der Waals surface area (Å²) < 4.78 is 11.5. The number of piperidine rings is 1. The quantitative estimate of drug-likeness (QED) is 0.420. The van der Waals surface area contributed by atoms with Gasteiger partial charge < -0.3 is 20.1 Å². The third-order valence-electron chi connectivity index (χ3n) is 8.31. The minimum absolute atomic E-state index is 0.0131. The van der Waals surface area contributed by atoms with Gasteiger partial charge in [-0.05, 0) is 44.2 Å². The third kappa shape index (κ3) is 5.22. The average molecular weight is 536 g/mol. The summed E-state index contributed by atoms with van der Waals surface area (Å²) in [6, 6.07) is 12.0. The largest absolute Gasteiger partial charge is 0.492 e. The number of imide groups is 1. The Morgan fingerprint density at radius 1 is 0.949 bits per heavy atom.